The zero-order valence-electron chi connectivity index (χ0n) is 6.31. The molecular formula is C6H7O5S-. The van der Waals surface area contributed by atoms with Crippen LogP contribution in [0.15, 0.2) is 0 Å². The van der Waals surface area contributed by atoms with Gasteiger partial charge in [0, 0.05) is 6.92 Å². The molecule has 0 aromatic rings. The van der Waals surface area contributed by atoms with Crippen molar-refractivity contribution in [1.29, 1.82) is 0 Å². The summed E-state index contributed by atoms with van der Waals surface area (Å²) in [6.07, 6.45) is -0.754. The first kappa shape index (κ1) is 9.34. The van der Waals surface area contributed by atoms with Gasteiger partial charge in [-0.25, -0.2) is 0 Å². The zero-order chi connectivity index (χ0) is 9.14. The van der Waals surface area contributed by atoms with E-state index in [1.165, 1.54) is 6.92 Å². The third-order valence-corrected chi connectivity index (χ3v) is 2.22. The molecule has 0 bridgehead atoms. The van der Waals surface area contributed by atoms with Crippen molar-refractivity contribution >= 4 is 23.7 Å². The Morgan fingerprint density at radius 1 is 1.67 bits per heavy atom. The minimum atomic E-state index is -1.30. The Bertz CT molecular complexity index is 204. The van der Waals surface area contributed by atoms with Crippen molar-refractivity contribution in [3.63, 3.8) is 0 Å². The third-order valence-electron chi connectivity index (χ3n) is 1.15. The minimum absolute atomic E-state index is 0.332. The fraction of sp³-hybridized carbons (Fsp3) is 0.667. The van der Waals surface area contributed by atoms with Crippen molar-refractivity contribution in [2.45, 2.75) is 18.6 Å². The van der Waals surface area contributed by atoms with E-state index in [0.29, 0.717) is 5.75 Å². The summed E-state index contributed by atoms with van der Waals surface area (Å²) in [7, 11) is 0. The Kier molecular flexibility index (Phi) is 2.93. The van der Waals surface area contributed by atoms with Gasteiger partial charge >= 0.3 is 5.97 Å². The number of carboxylic acids is 1. The number of carbonyl (C=O) groups excluding carboxylic acids is 2. The molecule has 0 radical (unpaired) electrons. The second kappa shape index (κ2) is 3.77. The van der Waals surface area contributed by atoms with Crippen LogP contribution < -0.4 is 5.11 Å². The SMILES string of the molecule is CC(=O)O[C@H]1CS[C@@H](C(=O)[O-])O1. The van der Waals surface area contributed by atoms with E-state index >= 15 is 0 Å². The topological polar surface area (TPSA) is 75.7 Å². The van der Waals surface area contributed by atoms with Gasteiger partial charge in [-0.05, 0) is 0 Å². The monoisotopic (exact) mass is 191 g/mol. The molecule has 2 atom stereocenters. The Morgan fingerprint density at radius 3 is 2.75 bits per heavy atom. The Hall–Kier alpha value is -0.750. The van der Waals surface area contributed by atoms with Crippen LogP contribution in [0.2, 0.25) is 0 Å². The van der Waals surface area contributed by atoms with E-state index in [1.54, 1.807) is 0 Å². The van der Waals surface area contributed by atoms with Crippen LogP contribution in [0.3, 0.4) is 0 Å². The summed E-state index contributed by atoms with van der Waals surface area (Å²) in [5.41, 5.74) is -1.02. The summed E-state index contributed by atoms with van der Waals surface area (Å²) in [6.45, 7) is 1.24. The van der Waals surface area contributed by atoms with Crippen molar-refractivity contribution in [3.05, 3.63) is 0 Å². The molecule has 0 N–H and O–H groups in total. The minimum Gasteiger partial charge on any atom is -0.546 e. The van der Waals surface area contributed by atoms with Gasteiger partial charge in [-0.15, -0.1) is 11.8 Å². The van der Waals surface area contributed by atoms with Crippen molar-refractivity contribution in [2.24, 2.45) is 0 Å². The van der Waals surface area contributed by atoms with Gasteiger partial charge in [0.2, 0.25) is 6.29 Å². The molecule has 0 saturated carbocycles. The standard InChI is InChI=1S/C6H8O5S/c1-3(7)10-4-2-12-6(11-4)5(8)9/h4,6H,2H2,1H3,(H,8,9)/p-1/t4-,6+/m1/s1. The average molecular weight is 191 g/mol. The summed E-state index contributed by atoms with van der Waals surface area (Å²) in [5.74, 6) is -1.45. The number of carbonyl (C=O) groups is 2. The molecule has 6 heteroatoms. The van der Waals surface area contributed by atoms with Crippen LogP contribution in [-0.4, -0.2) is 29.4 Å². The Morgan fingerprint density at radius 2 is 2.33 bits per heavy atom. The maximum absolute atomic E-state index is 10.4. The number of thioether (sulfide) groups is 1. The second-order valence-corrected chi connectivity index (χ2v) is 3.25. The molecule has 12 heavy (non-hydrogen) atoms. The highest BCUT2D eigenvalue weighted by atomic mass is 32.2. The molecule has 68 valence electrons. The molecule has 0 aliphatic carbocycles. The Labute approximate surface area is 73.0 Å². The fourth-order valence-electron chi connectivity index (χ4n) is 0.753. The van der Waals surface area contributed by atoms with Gasteiger partial charge in [0.1, 0.15) is 5.44 Å². The van der Waals surface area contributed by atoms with E-state index in [0.717, 1.165) is 11.8 Å². The fourth-order valence-corrected chi connectivity index (χ4v) is 1.57. The van der Waals surface area contributed by atoms with Crippen LogP contribution in [0.25, 0.3) is 0 Å². The third kappa shape index (κ3) is 2.38. The highest BCUT2D eigenvalue weighted by Gasteiger charge is 2.28. The summed E-state index contributed by atoms with van der Waals surface area (Å²) < 4.78 is 9.41. The number of hydrogen-bond donors (Lipinski definition) is 0. The molecule has 1 aliphatic heterocycles. The number of ether oxygens (including phenoxy) is 2. The highest BCUT2D eigenvalue weighted by Crippen LogP contribution is 2.25. The van der Waals surface area contributed by atoms with Crippen molar-refractivity contribution in [2.75, 3.05) is 5.75 Å². The van der Waals surface area contributed by atoms with Crippen LogP contribution in [0.4, 0.5) is 0 Å². The Balaban J connectivity index is 2.35. The summed E-state index contributed by atoms with van der Waals surface area (Å²) in [5, 5.41) is 10.2. The van der Waals surface area contributed by atoms with Crippen LogP contribution in [-0.2, 0) is 19.1 Å². The number of carboxylic acid groups (broad SMARTS) is 1. The van der Waals surface area contributed by atoms with E-state index in [2.05, 4.69) is 4.74 Å². The highest BCUT2D eigenvalue weighted by molar-refractivity contribution is 8.00. The predicted octanol–water partition coefficient (Wildman–Crippen LogP) is -1.29. The maximum Gasteiger partial charge on any atom is 0.304 e. The van der Waals surface area contributed by atoms with Gasteiger partial charge in [-0.2, -0.15) is 0 Å². The number of rotatable bonds is 2. The molecule has 1 saturated heterocycles. The van der Waals surface area contributed by atoms with E-state index in [1.807, 2.05) is 0 Å². The van der Waals surface area contributed by atoms with Gasteiger partial charge in [-0.1, -0.05) is 0 Å². The molecule has 1 fully saturated rings. The number of esters is 1. The van der Waals surface area contributed by atoms with Gasteiger partial charge in [0.25, 0.3) is 0 Å². The molecule has 0 spiro atoms. The first-order valence-electron chi connectivity index (χ1n) is 3.24. The largest absolute Gasteiger partial charge is 0.546 e. The average Bonchev–Trinajstić information content (AvgIpc) is 2.34. The van der Waals surface area contributed by atoms with Crippen LogP contribution in [0.1, 0.15) is 6.92 Å². The molecule has 1 heterocycles. The molecule has 0 aromatic carbocycles. The second-order valence-electron chi connectivity index (χ2n) is 2.16. The molecule has 0 aromatic heterocycles. The van der Waals surface area contributed by atoms with Gasteiger partial charge in [0.15, 0.2) is 0 Å². The molecule has 1 aliphatic rings. The normalized spacial score (nSPS) is 28.4. The first-order chi connectivity index (χ1) is 5.59. The molecular weight excluding hydrogens is 184 g/mol. The van der Waals surface area contributed by atoms with Crippen LogP contribution in [0.5, 0.6) is 0 Å². The molecule has 0 amide bonds. The lowest BCUT2D eigenvalue weighted by Crippen LogP contribution is -2.34. The van der Waals surface area contributed by atoms with Gasteiger partial charge < -0.3 is 19.4 Å². The van der Waals surface area contributed by atoms with Gasteiger partial charge in [0.05, 0.1) is 11.7 Å². The molecule has 5 nitrogen and oxygen atoms in total. The van der Waals surface area contributed by atoms with E-state index in [4.69, 9.17) is 4.74 Å². The summed E-state index contributed by atoms with van der Waals surface area (Å²) in [6, 6.07) is 0. The lowest BCUT2D eigenvalue weighted by Gasteiger charge is -2.12. The van der Waals surface area contributed by atoms with E-state index in [9.17, 15) is 14.7 Å². The van der Waals surface area contributed by atoms with Gasteiger partial charge in [-0.3, -0.25) is 4.79 Å². The van der Waals surface area contributed by atoms with Crippen LogP contribution >= 0.6 is 11.8 Å². The number of hydrogen-bond acceptors (Lipinski definition) is 6. The summed E-state index contributed by atoms with van der Waals surface area (Å²) in [4.78, 5) is 20.6. The van der Waals surface area contributed by atoms with E-state index < -0.39 is 23.7 Å². The molecule has 0 unspecified atom stereocenters. The quantitative estimate of drug-likeness (QED) is 0.506. The lowest BCUT2D eigenvalue weighted by atomic mass is 10.7. The molecule has 1 rings (SSSR count). The maximum atomic E-state index is 10.4. The van der Waals surface area contributed by atoms with Crippen LogP contribution in [0, 0.1) is 0 Å². The number of aliphatic carboxylic acids is 1. The zero-order valence-corrected chi connectivity index (χ0v) is 7.13. The van der Waals surface area contributed by atoms with Crippen molar-refractivity contribution in [3.8, 4) is 0 Å². The van der Waals surface area contributed by atoms with E-state index in [-0.39, 0.29) is 0 Å². The smallest absolute Gasteiger partial charge is 0.304 e. The van der Waals surface area contributed by atoms with Crippen molar-refractivity contribution in [1.82, 2.24) is 0 Å². The van der Waals surface area contributed by atoms with Crippen molar-refractivity contribution < 1.29 is 24.2 Å². The summed E-state index contributed by atoms with van der Waals surface area (Å²) >= 11 is 1.04. The first-order valence-corrected chi connectivity index (χ1v) is 4.29. The lowest BCUT2D eigenvalue weighted by molar-refractivity contribution is -0.314. The predicted molar refractivity (Wildman–Crippen MR) is 37.9 cm³/mol.